The number of nitrogen functional groups attached to an aromatic ring is 2. The molecule has 0 radical (unpaired) electrons. The number of carbonyl (C=O) groups excluding carboxylic acids is 1. The zero-order valence-electron chi connectivity index (χ0n) is 16.1. The van der Waals surface area contributed by atoms with Crippen molar-refractivity contribution < 1.29 is 14.3 Å². The highest BCUT2D eigenvalue weighted by Gasteiger charge is 2.17. The zero-order chi connectivity index (χ0) is 20.9. The average Bonchev–Trinajstić information content (AvgIpc) is 2.77. The van der Waals surface area contributed by atoms with E-state index in [1.165, 1.54) is 0 Å². The number of carbonyl (C=O) groups is 1. The highest BCUT2D eigenvalue weighted by atomic mass is 16.5. The molecule has 0 fully saturated rings. The Balaban J connectivity index is 1.63. The van der Waals surface area contributed by atoms with Crippen LogP contribution in [0, 0.1) is 0 Å². The van der Waals surface area contributed by atoms with Crippen LogP contribution in [0.1, 0.15) is 15.9 Å². The molecule has 0 aromatic heterocycles. The number of rotatable bonds is 6. The molecule has 4 aromatic rings. The third kappa shape index (κ3) is 4.25. The standard InChI is InChI=1S/C25H20N2O3/c26-23-16-21(30-19-11-5-2-6-12-19)15-22(24(23)27)25(28)17-8-7-13-20(14-17)29-18-9-3-1-4-10-18/h1-16H,26-27H2. The maximum atomic E-state index is 13.2. The maximum Gasteiger partial charge on any atom is 0.195 e. The Morgan fingerprint density at radius 1 is 0.600 bits per heavy atom. The highest BCUT2D eigenvalue weighted by Crippen LogP contribution is 2.32. The minimum atomic E-state index is -0.267. The van der Waals surface area contributed by atoms with E-state index in [-0.39, 0.29) is 22.7 Å². The zero-order valence-corrected chi connectivity index (χ0v) is 16.1. The molecule has 0 spiro atoms. The van der Waals surface area contributed by atoms with Gasteiger partial charge in [0.15, 0.2) is 5.78 Å². The molecule has 0 aliphatic carbocycles. The Labute approximate surface area is 174 Å². The summed E-state index contributed by atoms with van der Waals surface area (Å²) in [6.07, 6.45) is 0. The molecule has 5 heteroatoms. The lowest BCUT2D eigenvalue weighted by molar-refractivity contribution is 0.103. The highest BCUT2D eigenvalue weighted by molar-refractivity contribution is 6.13. The first-order valence-electron chi connectivity index (χ1n) is 9.40. The van der Waals surface area contributed by atoms with E-state index in [2.05, 4.69) is 0 Å². The SMILES string of the molecule is Nc1cc(Oc2ccccc2)cc(C(=O)c2cccc(Oc3ccccc3)c2)c1N. The van der Waals surface area contributed by atoms with Crippen molar-refractivity contribution >= 4 is 17.2 Å². The first-order chi connectivity index (χ1) is 14.6. The van der Waals surface area contributed by atoms with Gasteiger partial charge >= 0.3 is 0 Å². The Bertz CT molecular complexity index is 1180. The Morgan fingerprint density at radius 2 is 1.17 bits per heavy atom. The maximum absolute atomic E-state index is 13.2. The molecule has 148 valence electrons. The molecule has 0 amide bonds. The fraction of sp³-hybridized carbons (Fsp3) is 0. The summed E-state index contributed by atoms with van der Waals surface area (Å²) in [5, 5.41) is 0. The first-order valence-corrected chi connectivity index (χ1v) is 9.40. The van der Waals surface area contributed by atoms with E-state index in [0.29, 0.717) is 28.6 Å². The van der Waals surface area contributed by atoms with Gasteiger partial charge in [-0.15, -0.1) is 0 Å². The minimum absolute atomic E-state index is 0.217. The molecule has 4 aromatic carbocycles. The summed E-state index contributed by atoms with van der Waals surface area (Å²) >= 11 is 0. The Kier molecular flexibility index (Phi) is 5.35. The quantitative estimate of drug-likeness (QED) is 0.324. The van der Waals surface area contributed by atoms with Crippen LogP contribution in [0.15, 0.2) is 97.1 Å². The van der Waals surface area contributed by atoms with Crippen molar-refractivity contribution in [2.24, 2.45) is 0 Å². The number of nitrogens with two attached hydrogens (primary N) is 2. The number of para-hydroxylation sites is 2. The van der Waals surface area contributed by atoms with Crippen LogP contribution >= 0.6 is 0 Å². The van der Waals surface area contributed by atoms with E-state index in [4.69, 9.17) is 20.9 Å². The summed E-state index contributed by atoms with van der Waals surface area (Å²) in [6, 6.07) is 28.8. The lowest BCUT2D eigenvalue weighted by Gasteiger charge is -2.13. The van der Waals surface area contributed by atoms with Gasteiger partial charge in [-0.2, -0.15) is 0 Å². The van der Waals surface area contributed by atoms with Crippen LogP contribution in [0.5, 0.6) is 23.0 Å². The average molecular weight is 396 g/mol. The Morgan fingerprint density at radius 3 is 1.80 bits per heavy atom. The number of ether oxygens (including phenoxy) is 2. The van der Waals surface area contributed by atoms with Crippen molar-refractivity contribution in [1.29, 1.82) is 0 Å². The van der Waals surface area contributed by atoms with E-state index in [1.54, 1.807) is 36.4 Å². The van der Waals surface area contributed by atoms with Crippen LogP contribution in [-0.2, 0) is 0 Å². The molecule has 4 rings (SSSR count). The van der Waals surface area contributed by atoms with Gasteiger partial charge in [0.2, 0.25) is 0 Å². The fourth-order valence-corrected chi connectivity index (χ4v) is 3.00. The Hall–Kier alpha value is -4.25. The normalized spacial score (nSPS) is 10.4. The van der Waals surface area contributed by atoms with Crippen LogP contribution in [-0.4, -0.2) is 5.78 Å². The molecule has 0 aliphatic rings. The molecule has 0 heterocycles. The second-order valence-electron chi connectivity index (χ2n) is 6.66. The van der Waals surface area contributed by atoms with Gasteiger partial charge in [-0.05, 0) is 42.5 Å². The minimum Gasteiger partial charge on any atom is -0.457 e. The predicted molar refractivity (Wildman–Crippen MR) is 118 cm³/mol. The second kappa shape index (κ2) is 8.41. The van der Waals surface area contributed by atoms with Crippen LogP contribution in [0.25, 0.3) is 0 Å². The molecule has 0 atom stereocenters. The van der Waals surface area contributed by atoms with Crippen LogP contribution < -0.4 is 20.9 Å². The third-order valence-corrected chi connectivity index (χ3v) is 4.48. The summed E-state index contributed by atoms with van der Waals surface area (Å²) in [5.41, 5.74) is 13.4. The van der Waals surface area contributed by atoms with E-state index >= 15 is 0 Å². The number of ketones is 1. The summed E-state index contributed by atoms with van der Waals surface area (Å²) in [6.45, 7) is 0. The van der Waals surface area contributed by atoms with E-state index in [1.807, 2.05) is 60.7 Å². The molecule has 0 aliphatic heterocycles. The molecule has 5 nitrogen and oxygen atoms in total. The van der Waals surface area contributed by atoms with E-state index in [0.717, 1.165) is 0 Å². The van der Waals surface area contributed by atoms with Crippen LogP contribution in [0.2, 0.25) is 0 Å². The molecule has 0 bridgehead atoms. The molecule has 4 N–H and O–H groups in total. The van der Waals surface area contributed by atoms with Gasteiger partial charge in [0.05, 0.1) is 16.9 Å². The first kappa shape index (κ1) is 19.1. The van der Waals surface area contributed by atoms with E-state index in [9.17, 15) is 4.79 Å². The van der Waals surface area contributed by atoms with Crippen molar-refractivity contribution in [3.05, 3.63) is 108 Å². The summed E-state index contributed by atoms with van der Waals surface area (Å²) in [4.78, 5) is 13.2. The van der Waals surface area contributed by atoms with Gasteiger partial charge in [-0.3, -0.25) is 4.79 Å². The molecular formula is C25H20N2O3. The van der Waals surface area contributed by atoms with E-state index < -0.39 is 0 Å². The van der Waals surface area contributed by atoms with Crippen molar-refractivity contribution in [3.8, 4) is 23.0 Å². The molecular weight excluding hydrogens is 376 g/mol. The van der Waals surface area contributed by atoms with Crippen molar-refractivity contribution in [2.75, 3.05) is 11.5 Å². The predicted octanol–water partition coefficient (Wildman–Crippen LogP) is 5.67. The second-order valence-corrected chi connectivity index (χ2v) is 6.66. The summed E-state index contributed by atoms with van der Waals surface area (Å²) in [5.74, 6) is 2.04. The van der Waals surface area contributed by atoms with Crippen molar-refractivity contribution in [2.45, 2.75) is 0 Å². The smallest absolute Gasteiger partial charge is 0.195 e. The number of hydrogen-bond donors (Lipinski definition) is 2. The monoisotopic (exact) mass is 396 g/mol. The van der Waals surface area contributed by atoms with Gasteiger partial charge in [0.1, 0.15) is 23.0 Å². The number of benzene rings is 4. The van der Waals surface area contributed by atoms with Gasteiger partial charge in [-0.25, -0.2) is 0 Å². The van der Waals surface area contributed by atoms with Crippen molar-refractivity contribution in [3.63, 3.8) is 0 Å². The number of anilines is 2. The topological polar surface area (TPSA) is 87.6 Å². The lowest BCUT2D eigenvalue weighted by atomic mass is 10.0. The summed E-state index contributed by atoms with van der Waals surface area (Å²) in [7, 11) is 0. The summed E-state index contributed by atoms with van der Waals surface area (Å²) < 4.78 is 11.7. The molecule has 0 saturated heterocycles. The van der Waals surface area contributed by atoms with Gasteiger partial charge < -0.3 is 20.9 Å². The molecule has 0 saturated carbocycles. The van der Waals surface area contributed by atoms with Crippen molar-refractivity contribution in [1.82, 2.24) is 0 Å². The van der Waals surface area contributed by atoms with Gasteiger partial charge in [0, 0.05) is 11.6 Å². The lowest BCUT2D eigenvalue weighted by Crippen LogP contribution is -2.08. The van der Waals surface area contributed by atoms with Gasteiger partial charge in [0.25, 0.3) is 0 Å². The molecule has 0 unspecified atom stereocenters. The van der Waals surface area contributed by atoms with Crippen LogP contribution in [0.4, 0.5) is 11.4 Å². The van der Waals surface area contributed by atoms with Gasteiger partial charge in [-0.1, -0.05) is 48.5 Å². The third-order valence-electron chi connectivity index (χ3n) is 4.48. The molecule has 30 heavy (non-hydrogen) atoms. The van der Waals surface area contributed by atoms with Crippen LogP contribution in [0.3, 0.4) is 0 Å². The fourth-order valence-electron chi connectivity index (χ4n) is 3.00. The largest absolute Gasteiger partial charge is 0.457 e. The number of hydrogen-bond acceptors (Lipinski definition) is 5.